The van der Waals surface area contributed by atoms with E-state index >= 15 is 0 Å². The Morgan fingerprint density at radius 2 is 1.46 bits per heavy atom. The highest BCUT2D eigenvalue weighted by Gasteiger charge is 2.40. The minimum Gasteiger partial charge on any atom is -0.490 e. The van der Waals surface area contributed by atoms with Crippen LogP contribution in [0.15, 0.2) is 48.5 Å². The third-order valence-electron chi connectivity index (χ3n) is 7.27. The molecule has 7 heteroatoms. The van der Waals surface area contributed by atoms with Gasteiger partial charge in [-0.2, -0.15) is 0 Å². The Bertz CT molecular complexity index is 986. The molecule has 2 aliphatic heterocycles. The summed E-state index contributed by atoms with van der Waals surface area (Å²) in [4.78, 5) is 18.3. The molecule has 0 saturated carbocycles. The summed E-state index contributed by atoms with van der Waals surface area (Å²) in [7, 11) is 0. The van der Waals surface area contributed by atoms with Crippen molar-refractivity contribution >= 4 is 11.6 Å². The molecule has 0 spiro atoms. The maximum absolute atomic E-state index is 12.2. The summed E-state index contributed by atoms with van der Waals surface area (Å²) >= 11 is 0. The van der Waals surface area contributed by atoms with Crippen LogP contribution in [0.2, 0.25) is 0 Å². The van der Waals surface area contributed by atoms with E-state index in [1.54, 1.807) is 4.90 Å². The normalized spacial score (nSPS) is 23.1. The number of amides is 1. The first-order valence-corrected chi connectivity index (χ1v) is 12.6. The van der Waals surface area contributed by atoms with Crippen molar-refractivity contribution < 1.29 is 19.7 Å². The average Bonchev–Trinajstić information content (AvgIpc) is 2.98. The molecule has 7 nitrogen and oxygen atoms in total. The molecule has 2 saturated heterocycles. The van der Waals surface area contributed by atoms with Crippen molar-refractivity contribution in [2.24, 2.45) is 0 Å². The molecule has 2 aliphatic rings. The lowest BCUT2D eigenvalue weighted by Crippen LogP contribution is -2.55. The number of β-amino-alcohol motifs (C(OH)–C–C–N with tert-alkyl or cyclic N) is 2. The van der Waals surface area contributed by atoms with E-state index in [9.17, 15) is 15.0 Å². The van der Waals surface area contributed by atoms with Gasteiger partial charge in [0.2, 0.25) is 5.91 Å². The minimum atomic E-state index is -1.23. The van der Waals surface area contributed by atoms with Crippen molar-refractivity contribution in [2.75, 3.05) is 57.3 Å². The maximum atomic E-state index is 12.2. The molecule has 1 amide bonds. The van der Waals surface area contributed by atoms with Crippen LogP contribution in [0.4, 0.5) is 5.69 Å². The summed E-state index contributed by atoms with van der Waals surface area (Å²) in [5.74, 6) is 0.627. The van der Waals surface area contributed by atoms with Crippen molar-refractivity contribution in [3.8, 4) is 5.75 Å². The van der Waals surface area contributed by atoms with Gasteiger partial charge in [0.05, 0.1) is 12.1 Å². The van der Waals surface area contributed by atoms with Crippen molar-refractivity contribution in [2.45, 2.75) is 44.8 Å². The number of carbonyl (C=O) groups excluding carboxylic acids is 1. The van der Waals surface area contributed by atoms with Crippen LogP contribution in [-0.4, -0.2) is 89.5 Å². The number of nitrogens with zero attached hydrogens (tertiary/aromatic N) is 3. The van der Waals surface area contributed by atoms with Gasteiger partial charge in [-0.25, -0.2) is 0 Å². The second-order valence-electron chi connectivity index (χ2n) is 10.5. The van der Waals surface area contributed by atoms with Crippen LogP contribution in [-0.2, 0) is 4.79 Å². The third-order valence-corrected chi connectivity index (χ3v) is 7.27. The molecular weight excluding hydrogens is 442 g/mol. The monoisotopic (exact) mass is 481 g/mol. The predicted octanol–water partition coefficient (Wildman–Crippen LogP) is 2.61. The molecule has 0 unspecified atom stereocenters. The fraction of sp³-hybridized carbons (Fsp3) is 0.536. The van der Waals surface area contributed by atoms with Crippen LogP contribution >= 0.6 is 0 Å². The molecule has 2 aromatic carbocycles. The summed E-state index contributed by atoms with van der Waals surface area (Å²) in [5, 5.41) is 23.0. The Hall–Kier alpha value is -2.61. The average molecular weight is 482 g/mol. The van der Waals surface area contributed by atoms with Crippen molar-refractivity contribution in [1.82, 2.24) is 9.80 Å². The number of hydrogen-bond acceptors (Lipinski definition) is 6. The van der Waals surface area contributed by atoms with E-state index in [4.69, 9.17) is 4.74 Å². The number of anilines is 1. The first-order valence-electron chi connectivity index (χ1n) is 12.6. The second-order valence-corrected chi connectivity index (χ2v) is 10.5. The fourth-order valence-electron chi connectivity index (χ4n) is 5.10. The van der Waals surface area contributed by atoms with Gasteiger partial charge in [0, 0.05) is 51.9 Å². The van der Waals surface area contributed by atoms with Gasteiger partial charge in [-0.3, -0.25) is 9.69 Å². The lowest BCUT2D eigenvalue weighted by atomic mass is 9.90. The SMILES string of the molecule is CC(=O)N1CCN(CC2(O)CCN(c3ccc(C)cc3)CC2)C[C@](O)(COc2ccc(C)cc2)C1. The lowest BCUT2D eigenvalue weighted by molar-refractivity contribution is -0.132. The van der Waals surface area contributed by atoms with Gasteiger partial charge in [-0.15, -0.1) is 0 Å². The largest absolute Gasteiger partial charge is 0.490 e. The number of aliphatic hydroxyl groups is 2. The first-order chi connectivity index (χ1) is 16.6. The molecule has 2 N–H and O–H groups in total. The number of ether oxygens (including phenoxy) is 1. The first kappa shape index (κ1) is 25.5. The van der Waals surface area contributed by atoms with Gasteiger partial charge in [0.15, 0.2) is 0 Å². The van der Waals surface area contributed by atoms with E-state index in [2.05, 4.69) is 41.0 Å². The van der Waals surface area contributed by atoms with E-state index in [1.807, 2.05) is 31.2 Å². The number of hydrogen-bond donors (Lipinski definition) is 2. The molecule has 35 heavy (non-hydrogen) atoms. The molecule has 0 aliphatic carbocycles. The van der Waals surface area contributed by atoms with Gasteiger partial charge in [-0.05, 0) is 51.0 Å². The highest BCUT2D eigenvalue weighted by Crippen LogP contribution is 2.29. The van der Waals surface area contributed by atoms with E-state index in [-0.39, 0.29) is 19.1 Å². The van der Waals surface area contributed by atoms with Crippen LogP contribution in [0.5, 0.6) is 5.75 Å². The number of carbonyl (C=O) groups is 1. The fourth-order valence-corrected chi connectivity index (χ4v) is 5.10. The quantitative estimate of drug-likeness (QED) is 0.661. The predicted molar refractivity (Wildman–Crippen MR) is 138 cm³/mol. The van der Waals surface area contributed by atoms with E-state index < -0.39 is 11.2 Å². The molecule has 190 valence electrons. The molecular formula is C28H39N3O4. The van der Waals surface area contributed by atoms with Crippen LogP contribution in [0.1, 0.15) is 30.9 Å². The lowest BCUT2D eigenvalue weighted by Gasteiger charge is -2.42. The summed E-state index contributed by atoms with van der Waals surface area (Å²) in [5.41, 5.74) is 1.51. The minimum absolute atomic E-state index is 0.0641. The third kappa shape index (κ3) is 6.75. The Morgan fingerprint density at radius 1 is 0.857 bits per heavy atom. The zero-order valence-electron chi connectivity index (χ0n) is 21.2. The van der Waals surface area contributed by atoms with Gasteiger partial charge in [0.1, 0.15) is 18.0 Å². The number of aryl methyl sites for hydroxylation is 2. The number of rotatable bonds is 6. The molecule has 4 rings (SSSR count). The molecule has 0 aromatic heterocycles. The van der Waals surface area contributed by atoms with Gasteiger partial charge in [0.25, 0.3) is 0 Å². The van der Waals surface area contributed by atoms with E-state index in [0.29, 0.717) is 44.8 Å². The topological polar surface area (TPSA) is 76.5 Å². The van der Waals surface area contributed by atoms with Crippen LogP contribution in [0, 0.1) is 13.8 Å². The molecule has 0 bridgehead atoms. The van der Waals surface area contributed by atoms with Crippen LogP contribution < -0.4 is 9.64 Å². The Kier molecular flexibility index (Phi) is 7.69. The number of benzene rings is 2. The van der Waals surface area contributed by atoms with Crippen molar-refractivity contribution in [1.29, 1.82) is 0 Å². The molecule has 0 radical (unpaired) electrons. The van der Waals surface area contributed by atoms with Crippen molar-refractivity contribution in [3.63, 3.8) is 0 Å². The van der Waals surface area contributed by atoms with Crippen LogP contribution in [0.3, 0.4) is 0 Å². The van der Waals surface area contributed by atoms with Gasteiger partial charge >= 0.3 is 0 Å². The summed E-state index contributed by atoms with van der Waals surface area (Å²) in [6.07, 6.45) is 1.32. The highest BCUT2D eigenvalue weighted by atomic mass is 16.5. The number of piperidine rings is 1. The van der Waals surface area contributed by atoms with Crippen LogP contribution in [0.25, 0.3) is 0 Å². The maximum Gasteiger partial charge on any atom is 0.219 e. The van der Waals surface area contributed by atoms with Gasteiger partial charge in [-0.1, -0.05) is 35.4 Å². The van der Waals surface area contributed by atoms with E-state index in [1.165, 1.54) is 18.2 Å². The van der Waals surface area contributed by atoms with Gasteiger partial charge < -0.3 is 24.7 Å². The highest BCUT2D eigenvalue weighted by molar-refractivity contribution is 5.73. The standard InChI is InChI=1S/C28H39N3O4/c1-22-4-8-25(9-5-22)30-14-12-27(33,13-15-30)18-29-16-17-31(24(3)32)20-28(34,19-29)21-35-26-10-6-23(2)7-11-26/h4-11,33-34H,12-21H2,1-3H3/t28-/m1/s1. The Balaban J connectivity index is 1.40. The molecule has 2 fully saturated rings. The summed E-state index contributed by atoms with van der Waals surface area (Å²) < 4.78 is 5.94. The second kappa shape index (κ2) is 10.6. The Labute approximate surface area is 208 Å². The summed E-state index contributed by atoms with van der Waals surface area (Å²) in [6, 6.07) is 16.2. The molecule has 1 atom stereocenters. The summed E-state index contributed by atoms with van der Waals surface area (Å²) in [6.45, 7) is 9.43. The zero-order chi connectivity index (χ0) is 25.1. The molecule has 2 aromatic rings. The molecule has 2 heterocycles. The van der Waals surface area contributed by atoms with Crippen molar-refractivity contribution in [3.05, 3.63) is 59.7 Å². The zero-order valence-corrected chi connectivity index (χ0v) is 21.2. The van der Waals surface area contributed by atoms with E-state index in [0.717, 1.165) is 18.7 Å². The smallest absolute Gasteiger partial charge is 0.219 e. The Morgan fingerprint density at radius 3 is 2.06 bits per heavy atom.